The summed E-state index contributed by atoms with van der Waals surface area (Å²) in [5.74, 6) is -0.553. The smallest absolute Gasteiger partial charge is 0.354 e. The van der Waals surface area contributed by atoms with Crippen molar-refractivity contribution in [1.29, 1.82) is 0 Å². The molecular formula is C10H8BrN3O2. The minimum absolute atomic E-state index is 0.100. The van der Waals surface area contributed by atoms with Gasteiger partial charge >= 0.3 is 5.97 Å². The van der Waals surface area contributed by atoms with Gasteiger partial charge in [0.2, 0.25) is 0 Å². The Bertz CT molecular complexity index is 551. The fourth-order valence-corrected chi connectivity index (χ4v) is 1.68. The number of pyridine rings is 1. The Hall–Kier alpha value is -1.69. The van der Waals surface area contributed by atoms with Crippen molar-refractivity contribution in [2.24, 2.45) is 0 Å². The molecule has 0 aliphatic rings. The summed E-state index contributed by atoms with van der Waals surface area (Å²) >= 11 is 3.23. The zero-order chi connectivity index (χ0) is 11.7. The summed E-state index contributed by atoms with van der Waals surface area (Å²) in [5, 5.41) is 13.1. The fraction of sp³-hybridized carbons (Fsp3) is 0.100. The molecule has 0 aliphatic carbocycles. The molecule has 0 unspecified atom stereocenters. The van der Waals surface area contributed by atoms with Crippen molar-refractivity contribution < 1.29 is 9.90 Å². The molecule has 0 radical (unpaired) electrons. The number of hydrogen-bond acceptors (Lipinski definition) is 3. The molecule has 0 saturated carbocycles. The summed E-state index contributed by atoms with van der Waals surface area (Å²) in [5.41, 5.74) is 0.738. The van der Waals surface area contributed by atoms with Crippen molar-refractivity contribution in [3.05, 3.63) is 40.3 Å². The Kier molecular flexibility index (Phi) is 2.74. The Labute approximate surface area is 99.9 Å². The second-order valence-electron chi connectivity index (χ2n) is 3.21. The molecule has 0 aliphatic heterocycles. The first-order chi connectivity index (χ1) is 7.58. The molecule has 0 atom stereocenters. The monoisotopic (exact) mass is 281 g/mol. The van der Waals surface area contributed by atoms with Crippen LogP contribution in [0, 0.1) is 6.92 Å². The first kappa shape index (κ1) is 10.8. The lowest BCUT2D eigenvalue weighted by Gasteiger charge is -2.03. The predicted octanol–water partition coefficient (Wildman–Crippen LogP) is 2.04. The van der Waals surface area contributed by atoms with Gasteiger partial charge in [-0.05, 0) is 41.1 Å². The van der Waals surface area contributed by atoms with Crippen molar-refractivity contribution in [3.8, 4) is 5.82 Å². The summed E-state index contributed by atoms with van der Waals surface area (Å²) in [4.78, 5) is 15.1. The van der Waals surface area contributed by atoms with Gasteiger partial charge in [-0.15, -0.1) is 0 Å². The van der Waals surface area contributed by atoms with Crippen molar-refractivity contribution in [3.63, 3.8) is 0 Å². The maximum absolute atomic E-state index is 11.0. The van der Waals surface area contributed by atoms with Gasteiger partial charge in [0, 0.05) is 0 Å². The van der Waals surface area contributed by atoms with Gasteiger partial charge in [-0.2, -0.15) is 5.10 Å². The molecule has 5 nitrogen and oxygen atoms in total. The van der Waals surface area contributed by atoms with E-state index in [4.69, 9.17) is 5.11 Å². The van der Waals surface area contributed by atoms with Crippen LogP contribution in [0.3, 0.4) is 0 Å². The summed E-state index contributed by atoms with van der Waals surface area (Å²) in [6.07, 6.45) is 0. The lowest BCUT2D eigenvalue weighted by atomic mass is 10.3. The lowest BCUT2D eigenvalue weighted by Crippen LogP contribution is -2.09. The molecule has 16 heavy (non-hydrogen) atoms. The summed E-state index contributed by atoms with van der Waals surface area (Å²) in [6.45, 7) is 1.74. The third-order valence-electron chi connectivity index (χ3n) is 1.97. The van der Waals surface area contributed by atoms with Crippen LogP contribution >= 0.6 is 15.9 Å². The molecule has 2 aromatic rings. The molecule has 82 valence electrons. The maximum atomic E-state index is 11.0. The highest BCUT2D eigenvalue weighted by Crippen LogP contribution is 2.13. The third-order valence-corrected chi connectivity index (χ3v) is 2.41. The SMILES string of the molecule is Cc1cc(C(=O)O)n(-c2cccc(Br)n2)n1. The molecule has 1 N–H and O–H groups in total. The lowest BCUT2D eigenvalue weighted by molar-refractivity contribution is 0.0687. The van der Waals surface area contributed by atoms with Gasteiger partial charge in [0.05, 0.1) is 5.69 Å². The van der Waals surface area contributed by atoms with Gasteiger partial charge in [-0.25, -0.2) is 14.5 Å². The third kappa shape index (κ3) is 1.96. The van der Waals surface area contributed by atoms with E-state index in [2.05, 4.69) is 26.0 Å². The minimum Gasteiger partial charge on any atom is -0.477 e. The van der Waals surface area contributed by atoms with Crippen LogP contribution in [-0.4, -0.2) is 25.8 Å². The second-order valence-corrected chi connectivity index (χ2v) is 4.02. The van der Waals surface area contributed by atoms with E-state index in [0.29, 0.717) is 16.1 Å². The quantitative estimate of drug-likeness (QED) is 0.856. The molecule has 0 fully saturated rings. The Morgan fingerprint density at radius 2 is 2.25 bits per heavy atom. The van der Waals surface area contributed by atoms with Crippen LogP contribution in [-0.2, 0) is 0 Å². The number of carbonyl (C=O) groups is 1. The van der Waals surface area contributed by atoms with Crippen LogP contribution in [0.1, 0.15) is 16.2 Å². The number of halogens is 1. The predicted molar refractivity (Wildman–Crippen MR) is 60.8 cm³/mol. The largest absolute Gasteiger partial charge is 0.477 e. The minimum atomic E-state index is -1.03. The second kappa shape index (κ2) is 4.05. The normalized spacial score (nSPS) is 10.4. The average Bonchev–Trinajstić information content (AvgIpc) is 2.60. The van der Waals surface area contributed by atoms with E-state index in [1.165, 1.54) is 10.7 Å². The molecular weight excluding hydrogens is 274 g/mol. The van der Waals surface area contributed by atoms with Gasteiger partial charge < -0.3 is 5.11 Å². The summed E-state index contributed by atoms with van der Waals surface area (Å²) in [7, 11) is 0. The van der Waals surface area contributed by atoms with E-state index >= 15 is 0 Å². The molecule has 2 aromatic heterocycles. The van der Waals surface area contributed by atoms with Crippen molar-refractivity contribution in [2.45, 2.75) is 6.92 Å². The number of carboxylic acid groups (broad SMARTS) is 1. The zero-order valence-electron chi connectivity index (χ0n) is 8.38. The van der Waals surface area contributed by atoms with Crippen LogP contribution in [0.25, 0.3) is 5.82 Å². The molecule has 0 saturated heterocycles. The Balaban J connectivity index is 2.59. The van der Waals surface area contributed by atoms with E-state index in [0.717, 1.165) is 0 Å². The van der Waals surface area contributed by atoms with Gasteiger partial charge in [0.25, 0.3) is 0 Å². The van der Waals surface area contributed by atoms with Gasteiger partial charge in [0.1, 0.15) is 4.60 Å². The van der Waals surface area contributed by atoms with Crippen molar-refractivity contribution >= 4 is 21.9 Å². The van der Waals surface area contributed by atoms with E-state index in [9.17, 15) is 4.79 Å². The van der Waals surface area contributed by atoms with Crippen LogP contribution < -0.4 is 0 Å². The van der Waals surface area contributed by atoms with Crippen molar-refractivity contribution in [1.82, 2.24) is 14.8 Å². The summed E-state index contributed by atoms with van der Waals surface area (Å²) in [6, 6.07) is 6.74. The first-order valence-electron chi connectivity index (χ1n) is 4.51. The van der Waals surface area contributed by atoms with E-state index in [1.54, 1.807) is 25.1 Å². The maximum Gasteiger partial charge on any atom is 0.354 e. The highest BCUT2D eigenvalue weighted by atomic mass is 79.9. The van der Waals surface area contributed by atoms with Crippen molar-refractivity contribution in [2.75, 3.05) is 0 Å². The standard InChI is InChI=1S/C10H8BrN3O2/c1-6-5-7(10(15)16)14(13-6)9-4-2-3-8(11)12-9/h2-5H,1H3,(H,15,16). The van der Waals surface area contributed by atoms with Crippen LogP contribution in [0.15, 0.2) is 28.9 Å². The number of nitrogens with zero attached hydrogens (tertiary/aromatic N) is 3. The molecule has 2 heterocycles. The number of carboxylic acids is 1. The van der Waals surface area contributed by atoms with Gasteiger partial charge in [0.15, 0.2) is 11.5 Å². The molecule has 0 bridgehead atoms. The average molecular weight is 282 g/mol. The Morgan fingerprint density at radius 1 is 1.50 bits per heavy atom. The van der Waals surface area contributed by atoms with E-state index in [1.807, 2.05) is 0 Å². The number of rotatable bonds is 2. The number of hydrogen-bond donors (Lipinski definition) is 1. The van der Waals surface area contributed by atoms with Gasteiger partial charge in [-0.1, -0.05) is 6.07 Å². The molecule has 0 amide bonds. The molecule has 0 spiro atoms. The van der Waals surface area contributed by atoms with E-state index < -0.39 is 5.97 Å². The topological polar surface area (TPSA) is 68.0 Å². The van der Waals surface area contributed by atoms with Crippen LogP contribution in [0.5, 0.6) is 0 Å². The summed E-state index contributed by atoms with van der Waals surface area (Å²) < 4.78 is 1.94. The highest BCUT2D eigenvalue weighted by molar-refractivity contribution is 9.10. The highest BCUT2D eigenvalue weighted by Gasteiger charge is 2.14. The number of aromatic carboxylic acids is 1. The zero-order valence-corrected chi connectivity index (χ0v) is 9.97. The van der Waals surface area contributed by atoms with Crippen LogP contribution in [0.2, 0.25) is 0 Å². The van der Waals surface area contributed by atoms with Crippen LogP contribution in [0.4, 0.5) is 0 Å². The molecule has 2 rings (SSSR count). The molecule has 0 aromatic carbocycles. The first-order valence-corrected chi connectivity index (χ1v) is 5.30. The Morgan fingerprint density at radius 3 is 2.88 bits per heavy atom. The van der Waals surface area contributed by atoms with E-state index in [-0.39, 0.29) is 5.69 Å². The number of aryl methyl sites for hydroxylation is 1. The fourth-order valence-electron chi connectivity index (χ4n) is 1.34. The number of aromatic nitrogens is 3. The van der Waals surface area contributed by atoms with Gasteiger partial charge in [-0.3, -0.25) is 0 Å². The molecule has 6 heteroatoms.